The number of carbonyl (C=O) groups excluding carboxylic acids is 1. The minimum atomic E-state index is -0.478. The van der Waals surface area contributed by atoms with Crippen LogP contribution in [-0.4, -0.2) is 18.1 Å². The molecule has 2 rings (SSSR count). The minimum absolute atomic E-state index is 0.0433. The Morgan fingerprint density at radius 3 is 2.53 bits per heavy atom. The summed E-state index contributed by atoms with van der Waals surface area (Å²) in [5.41, 5.74) is 8.71. The Bertz CT molecular complexity index is 642. The molecule has 0 aliphatic heterocycles. The van der Waals surface area contributed by atoms with Gasteiger partial charge in [0, 0.05) is 11.1 Å². The first kappa shape index (κ1) is 13.3. The second kappa shape index (κ2) is 4.53. The number of ether oxygens (including phenoxy) is 1. The lowest BCUT2D eigenvalue weighted by molar-refractivity contribution is 0.0594. The number of carbonyl (C=O) groups is 1. The maximum Gasteiger partial charge on any atom is 0.356 e. The molecule has 0 aliphatic carbocycles. The predicted molar refractivity (Wildman–Crippen MR) is 76.2 cm³/mol. The summed E-state index contributed by atoms with van der Waals surface area (Å²) in [7, 11) is 1.33. The smallest absolute Gasteiger partial charge is 0.356 e. The number of nitrogens with zero attached hydrogens (tertiary/aromatic N) is 1. The maximum absolute atomic E-state index is 11.5. The lowest BCUT2D eigenvalue weighted by atomic mass is 9.86. The van der Waals surface area contributed by atoms with Crippen molar-refractivity contribution in [2.45, 2.75) is 26.2 Å². The van der Waals surface area contributed by atoms with Crippen molar-refractivity contribution >= 4 is 22.6 Å². The Hall–Kier alpha value is -2.10. The molecule has 1 aromatic carbocycles. The zero-order valence-corrected chi connectivity index (χ0v) is 11.7. The van der Waals surface area contributed by atoms with Gasteiger partial charge in [-0.2, -0.15) is 0 Å². The maximum atomic E-state index is 11.5. The molecule has 0 aliphatic rings. The van der Waals surface area contributed by atoms with Crippen LogP contribution in [0.4, 0.5) is 5.69 Å². The largest absolute Gasteiger partial charge is 0.464 e. The molecule has 2 aromatic rings. The van der Waals surface area contributed by atoms with Crippen molar-refractivity contribution < 1.29 is 9.53 Å². The summed E-state index contributed by atoms with van der Waals surface area (Å²) in [6.45, 7) is 6.42. The van der Waals surface area contributed by atoms with Gasteiger partial charge in [0.2, 0.25) is 0 Å². The molecule has 19 heavy (non-hydrogen) atoms. The third-order valence-electron chi connectivity index (χ3n) is 3.10. The molecule has 1 heterocycles. The van der Waals surface area contributed by atoms with Gasteiger partial charge in [-0.1, -0.05) is 26.8 Å². The van der Waals surface area contributed by atoms with Gasteiger partial charge in [0.15, 0.2) is 5.69 Å². The monoisotopic (exact) mass is 258 g/mol. The quantitative estimate of drug-likeness (QED) is 0.799. The van der Waals surface area contributed by atoms with Crippen LogP contribution in [0.15, 0.2) is 24.3 Å². The van der Waals surface area contributed by atoms with Crippen LogP contribution in [0.1, 0.15) is 36.8 Å². The highest BCUT2D eigenvalue weighted by molar-refractivity contribution is 5.97. The zero-order valence-electron chi connectivity index (χ0n) is 11.7. The highest BCUT2D eigenvalue weighted by Gasteiger charge is 2.16. The van der Waals surface area contributed by atoms with E-state index in [2.05, 4.69) is 30.5 Å². The minimum Gasteiger partial charge on any atom is -0.464 e. The first-order chi connectivity index (χ1) is 8.82. The summed E-state index contributed by atoms with van der Waals surface area (Å²) in [6, 6.07) is 7.48. The van der Waals surface area contributed by atoms with Gasteiger partial charge in [-0.05, 0) is 29.2 Å². The summed E-state index contributed by atoms with van der Waals surface area (Å²) >= 11 is 0. The molecule has 0 bridgehead atoms. The number of aromatic nitrogens is 1. The number of hydrogen-bond acceptors (Lipinski definition) is 4. The van der Waals surface area contributed by atoms with Crippen LogP contribution >= 0.6 is 0 Å². The summed E-state index contributed by atoms with van der Waals surface area (Å²) < 4.78 is 4.66. The van der Waals surface area contributed by atoms with Crippen LogP contribution < -0.4 is 5.73 Å². The molecule has 2 N–H and O–H groups in total. The van der Waals surface area contributed by atoms with Crippen LogP contribution in [0.5, 0.6) is 0 Å². The number of fused-ring (bicyclic) bond motifs is 1. The van der Waals surface area contributed by atoms with Gasteiger partial charge in [-0.3, -0.25) is 0 Å². The van der Waals surface area contributed by atoms with Crippen LogP contribution in [0.3, 0.4) is 0 Å². The van der Waals surface area contributed by atoms with Crippen molar-refractivity contribution in [2.75, 3.05) is 12.8 Å². The Morgan fingerprint density at radius 1 is 1.26 bits per heavy atom. The SMILES string of the molecule is COC(=O)c1cc(N)c2cc(C(C)(C)C)ccc2n1. The fourth-order valence-electron chi connectivity index (χ4n) is 1.93. The van der Waals surface area contributed by atoms with Crippen molar-refractivity contribution in [3.8, 4) is 0 Å². The third-order valence-corrected chi connectivity index (χ3v) is 3.10. The molecule has 100 valence electrons. The molecule has 0 saturated carbocycles. The van der Waals surface area contributed by atoms with Gasteiger partial charge in [0.25, 0.3) is 0 Å². The van der Waals surface area contributed by atoms with Gasteiger partial charge in [-0.25, -0.2) is 9.78 Å². The number of nitrogens with two attached hydrogens (primary N) is 1. The Kier molecular flexibility index (Phi) is 3.18. The third kappa shape index (κ3) is 2.52. The fourth-order valence-corrected chi connectivity index (χ4v) is 1.93. The van der Waals surface area contributed by atoms with Crippen LogP contribution in [0.25, 0.3) is 10.9 Å². The molecule has 0 unspecified atom stereocenters. The zero-order chi connectivity index (χ0) is 14.2. The summed E-state index contributed by atoms with van der Waals surface area (Å²) in [5, 5.41) is 0.861. The second-order valence-electron chi connectivity index (χ2n) is 5.57. The average Bonchev–Trinajstić information content (AvgIpc) is 2.36. The van der Waals surface area contributed by atoms with Gasteiger partial charge >= 0.3 is 5.97 Å². The van der Waals surface area contributed by atoms with E-state index in [-0.39, 0.29) is 11.1 Å². The molecular weight excluding hydrogens is 240 g/mol. The normalized spacial score (nSPS) is 11.6. The Labute approximate surface area is 112 Å². The van der Waals surface area contributed by atoms with Crippen LogP contribution in [-0.2, 0) is 10.2 Å². The molecule has 4 nitrogen and oxygen atoms in total. The number of anilines is 1. The molecule has 0 amide bonds. The number of nitrogen functional groups attached to an aromatic ring is 1. The van der Waals surface area contributed by atoms with Crippen molar-refractivity contribution in [2.24, 2.45) is 0 Å². The van der Waals surface area contributed by atoms with Gasteiger partial charge in [0.05, 0.1) is 12.6 Å². The topological polar surface area (TPSA) is 65.2 Å². The van der Waals surface area contributed by atoms with E-state index < -0.39 is 5.97 Å². The second-order valence-corrected chi connectivity index (χ2v) is 5.57. The number of rotatable bonds is 1. The van der Waals surface area contributed by atoms with E-state index >= 15 is 0 Å². The van der Waals surface area contributed by atoms with E-state index in [1.807, 2.05) is 18.2 Å². The number of benzene rings is 1. The standard InChI is InChI=1S/C15H18N2O2/c1-15(2,3)9-5-6-12-10(7-9)11(16)8-13(17-12)14(18)19-4/h5-8H,1-4H3,(H2,16,17). The fraction of sp³-hybridized carbons (Fsp3) is 0.333. The molecule has 4 heteroatoms. The van der Waals surface area contributed by atoms with Crippen LogP contribution in [0, 0.1) is 0 Å². The van der Waals surface area contributed by atoms with Gasteiger partial charge in [-0.15, -0.1) is 0 Å². The van der Waals surface area contributed by atoms with E-state index in [0.29, 0.717) is 11.2 Å². The van der Waals surface area contributed by atoms with Crippen molar-refractivity contribution in [3.05, 3.63) is 35.5 Å². The van der Waals surface area contributed by atoms with E-state index in [4.69, 9.17) is 5.73 Å². The summed E-state index contributed by atoms with van der Waals surface area (Å²) in [6.07, 6.45) is 0. The van der Waals surface area contributed by atoms with Crippen LogP contribution in [0.2, 0.25) is 0 Å². The summed E-state index contributed by atoms with van der Waals surface area (Å²) in [4.78, 5) is 15.8. The highest BCUT2D eigenvalue weighted by Crippen LogP contribution is 2.28. The average molecular weight is 258 g/mol. The van der Waals surface area contributed by atoms with E-state index in [0.717, 1.165) is 5.39 Å². The molecule has 1 aromatic heterocycles. The Morgan fingerprint density at radius 2 is 1.95 bits per heavy atom. The summed E-state index contributed by atoms with van der Waals surface area (Å²) in [5.74, 6) is -0.478. The van der Waals surface area contributed by atoms with Crippen molar-refractivity contribution in [1.82, 2.24) is 4.98 Å². The van der Waals surface area contributed by atoms with Gasteiger partial charge < -0.3 is 10.5 Å². The van der Waals surface area contributed by atoms with E-state index in [1.165, 1.54) is 12.7 Å². The first-order valence-corrected chi connectivity index (χ1v) is 6.12. The molecule has 0 spiro atoms. The molecule has 0 saturated heterocycles. The number of esters is 1. The number of pyridine rings is 1. The van der Waals surface area contributed by atoms with Crippen molar-refractivity contribution in [3.63, 3.8) is 0 Å². The molecular formula is C15H18N2O2. The lowest BCUT2D eigenvalue weighted by Crippen LogP contribution is -2.11. The highest BCUT2D eigenvalue weighted by atomic mass is 16.5. The lowest BCUT2D eigenvalue weighted by Gasteiger charge is -2.19. The number of hydrogen-bond donors (Lipinski definition) is 1. The molecule has 0 fully saturated rings. The molecule has 0 radical (unpaired) electrons. The predicted octanol–water partition coefficient (Wildman–Crippen LogP) is 2.90. The van der Waals surface area contributed by atoms with Gasteiger partial charge in [0.1, 0.15) is 0 Å². The Balaban J connectivity index is 2.63. The van der Waals surface area contributed by atoms with E-state index in [9.17, 15) is 4.79 Å². The number of methoxy groups -OCH3 is 1. The molecule has 0 atom stereocenters. The van der Waals surface area contributed by atoms with Crippen molar-refractivity contribution in [1.29, 1.82) is 0 Å². The first-order valence-electron chi connectivity index (χ1n) is 6.12. The van der Waals surface area contributed by atoms with E-state index in [1.54, 1.807) is 6.07 Å².